The zero-order chi connectivity index (χ0) is 23.7. The highest BCUT2D eigenvalue weighted by Gasteiger charge is 2.52. The summed E-state index contributed by atoms with van der Waals surface area (Å²) < 4.78 is 19.3. The van der Waals surface area contributed by atoms with Gasteiger partial charge in [0.2, 0.25) is 0 Å². The number of amides is 1. The molecule has 32 heavy (non-hydrogen) atoms. The Morgan fingerprint density at radius 3 is 2.44 bits per heavy atom. The maximum absolute atomic E-state index is 12.2. The standard InChI is InChI=1S/C21H29BClN5O4/c1-19(2,3)30-18(29)24-12-15(22-31-20(4,5)21(6,7)32-22)10-14-11-25-28(13-14)17-9-8-16(23)26-27-17/h8-11,13H,12H2,1-7H3,(H,24,29). The van der Waals surface area contributed by atoms with Crippen molar-refractivity contribution in [2.24, 2.45) is 0 Å². The SMILES string of the molecule is CC(C)(C)OC(=O)NCC(=Cc1cnn(-c2ccc(Cl)nn2)c1)B1OC(C)(C)C(C)(C)O1. The highest BCUT2D eigenvalue weighted by molar-refractivity contribution is 6.56. The van der Waals surface area contributed by atoms with E-state index in [4.69, 9.17) is 25.6 Å². The van der Waals surface area contributed by atoms with E-state index in [9.17, 15) is 4.79 Å². The Morgan fingerprint density at radius 1 is 1.22 bits per heavy atom. The van der Waals surface area contributed by atoms with E-state index in [1.807, 2.05) is 54.5 Å². The highest BCUT2D eigenvalue weighted by Crippen LogP contribution is 2.38. The van der Waals surface area contributed by atoms with Gasteiger partial charge in [0.05, 0.1) is 17.4 Å². The third-order valence-electron chi connectivity index (χ3n) is 5.20. The zero-order valence-corrected chi connectivity index (χ0v) is 20.2. The fourth-order valence-electron chi connectivity index (χ4n) is 2.87. The molecule has 0 aromatic carbocycles. The van der Waals surface area contributed by atoms with Crippen LogP contribution in [0.3, 0.4) is 0 Å². The van der Waals surface area contributed by atoms with Crippen molar-refractivity contribution in [2.75, 3.05) is 6.54 Å². The van der Waals surface area contributed by atoms with Gasteiger partial charge in [-0.15, -0.1) is 10.2 Å². The lowest BCUT2D eigenvalue weighted by molar-refractivity contribution is 0.00578. The molecule has 1 fully saturated rings. The molecule has 0 spiro atoms. The molecule has 0 aliphatic carbocycles. The van der Waals surface area contributed by atoms with E-state index in [0.29, 0.717) is 11.0 Å². The molecule has 172 valence electrons. The molecule has 1 aliphatic heterocycles. The molecule has 1 aliphatic rings. The van der Waals surface area contributed by atoms with E-state index in [1.165, 1.54) is 0 Å². The van der Waals surface area contributed by atoms with Gasteiger partial charge in [-0.05, 0) is 66.1 Å². The number of ether oxygens (including phenoxy) is 1. The predicted octanol–water partition coefficient (Wildman–Crippen LogP) is 3.86. The summed E-state index contributed by atoms with van der Waals surface area (Å²) in [5, 5.41) is 15.3. The third kappa shape index (κ3) is 5.87. The Hall–Kier alpha value is -2.43. The second-order valence-electron chi connectivity index (χ2n) is 9.60. The molecule has 0 atom stereocenters. The van der Waals surface area contributed by atoms with Crippen molar-refractivity contribution in [3.63, 3.8) is 0 Å². The number of hydrogen-bond acceptors (Lipinski definition) is 7. The van der Waals surface area contributed by atoms with Gasteiger partial charge in [-0.1, -0.05) is 17.7 Å². The monoisotopic (exact) mass is 461 g/mol. The van der Waals surface area contributed by atoms with Gasteiger partial charge < -0.3 is 19.4 Å². The molecule has 1 amide bonds. The van der Waals surface area contributed by atoms with Crippen LogP contribution in [0.1, 0.15) is 54.0 Å². The van der Waals surface area contributed by atoms with Crippen molar-refractivity contribution in [1.82, 2.24) is 25.3 Å². The largest absolute Gasteiger partial charge is 0.492 e. The van der Waals surface area contributed by atoms with Crippen LogP contribution in [0, 0.1) is 0 Å². The lowest BCUT2D eigenvalue weighted by Crippen LogP contribution is -2.41. The minimum absolute atomic E-state index is 0.178. The van der Waals surface area contributed by atoms with Crippen LogP contribution in [0.25, 0.3) is 11.9 Å². The average Bonchev–Trinajstić information content (AvgIpc) is 3.19. The number of nitrogens with one attached hydrogen (secondary N) is 1. The molecular weight excluding hydrogens is 433 g/mol. The minimum Gasteiger partial charge on any atom is -0.444 e. The molecule has 3 heterocycles. The summed E-state index contributed by atoms with van der Waals surface area (Å²) in [6, 6.07) is 3.36. The van der Waals surface area contributed by atoms with Crippen LogP contribution in [-0.2, 0) is 14.0 Å². The van der Waals surface area contributed by atoms with Crippen LogP contribution in [0.4, 0.5) is 4.79 Å². The number of rotatable bonds is 5. The summed E-state index contributed by atoms with van der Waals surface area (Å²) in [7, 11) is -0.645. The molecule has 9 nitrogen and oxygen atoms in total. The van der Waals surface area contributed by atoms with Gasteiger partial charge in [-0.2, -0.15) is 5.10 Å². The zero-order valence-electron chi connectivity index (χ0n) is 19.5. The quantitative estimate of drug-likeness (QED) is 0.675. The first-order chi connectivity index (χ1) is 14.8. The smallest absolute Gasteiger partial charge is 0.444 e. The summed E-state index contributed by atoms with van der Waals surface area (Å²) in [5.41, 5.74) is -0.148. The lowest BCUT2D eigenvalue weighted by Gasteiger charge is -2.32. The number of aromatic nitrogens is 4. The van der Waals surface area contributed by atoms with E-state index in [-0.39, 0.29) is 6.54 Å². The summed E-state index contributed by atoms with van der Waals surface area (Å²) in [5.74, 6) is 0.526. The van der Waals surface area contributed by atoms with E-state index in [1.54, 1.807) is 29.2 Å². The number of halogens is 1. The normalized spacial score (nSPS) is 18.0. The second kappa shape index (κ2) is 8.84. The molecule has 2 aromatic rings. The first-order valence-electron chi connectivity index (χ1n) is 10.3. The molecule has 0 saturated carbocycles. The topological polar surface area (TPSA) is 100 Å². The number of carbonyl (C=O) groups excluding carboxylic acids is 1. The van der Waals surface area contributed by atoms with Gasteiger partial charge in [0.1, 0.15) is 5.60 Å². The molecule has 2 aromatic heterocycles. The van der Waals surface area contributed by atoms with Crippen molar-refractivity contribution >= 4 is 30.9 Å². The van der Waals surface area contributed by atoms with Crippen LogP contribution >= 0.6 is 11.6 Å². The second-order valence-corrected chi connectivity index (χ2v) is 9.98. The van der Waals surface area contributed by atoms with E-state index in [0.717, 1.165) is 11.0 Å². The Morgan fingerprint density at radius 2 is 1.88 bits per heavy atom. The number of nitrogens with zero attached hydrogens (tertiary/aromatic N) is 4. The van der Waals surface area contributed by atoms with Crippen molar-refractivity contribution in [3.05, 3.63) is 40.7 Å². The summed E-state index contributed by atoms with van der Waals surface area (Å²) in [6.07, 6.45) is 4.81. The van der Waals surface area contributed by atoms with Crippen LogP contribution < -0.4 is 5.32 Å². The first kappa shape index (κ1) is 24.2. The number of hydrogen-bond donors (Lipinski definition) is 1. The van der Waals surface area contributed by atoms with Gasteiger partial charge in [-0.25, -0.2) is 9.48 Å². The van der Waals surface area contributed by atoms with Crippen LogP contribution in [0.5, 0.6) is 0 Å². The summed E-state index contributed by atoms with van der Waals surface area (Å²) in [6.45, 7) is 13.5. The molecule has 0 radical (unpaired) electrons. The minimum atomic E-state index is -0.645. The molecule has 1 N–H and O–H groups in total. The maximum Gasteiger partial charge on any atom is 0.492 e. The highest BCUT2D eigenvalue weighted by atomic mass is 35.5. The summed E-state index contributed by atoms with van der Waals surface area (Å²) in [4.78, 5) is 12.2. The molecule has 0 bridgehead atoms. The molecule has 1 saturated heterocycles. The van der Waals surface area contributed by atoms with Crippen LogP contribution in [0.2, 0.25) is 5.15 Å². The lowest BCUT2D eigenvalue weighted by atomic mass is 9.77. The van der Waals surface area contributed by atoms with Crippen molar-refractivity contribution < 1.29 is 18.8 Å². The Labute approximate surface area is 193 Å². The Bertz CT molecular complexity index is 982. The van der Waals surface area contributed by atoms with Crippen LogP contribution in [0.15, 0.2) is 30.0 Å². The van der Waals surface area contributed by atoms with Crippen molar-refractivity contribution in [3.8, 4) is 5.82 Å². The van der Waals surface area contributed by atoms with Crippen LogP contribution in [-0.4, -0.2) is 56.5 Å². The van der Waals surface area contributed by atoms with Crippen molar-refractivity contribution in [2.45, 2.75) is 65.3 Å². The molecular formula is C21H29BClN5O4. The number of alkyl carbamates (subject to hydrolysis) is 1. The van der Waals surface area contributed by atoms with Gasteiger partial charge in [0, 0.05) is 18.3 Å². The predicted molar refractivity (Wildman–Crippen MR) is 122 cm³/mol. The number of carbonyl (C=O) groups is 1. The fraction of sp³-hybridized carbons (Fsp3) is 0.524. The molecule has 3 rings (SSSR count). The van der Waals surface area contributed by atoms with E-state index < -0.39 is 30.0 Å². The van der Waals surface area contributed by atoms with Gasteiger partial charge in [-0.3, -0.25) is 0 Å². The van der Waals surface area contributed by atoms with Gasteiger partial charge >= 0.3 is 13.2 Å². The third-order valence-corrected chi connectivity index (χ3v) is 5.40. The first-order valence-corrected chi connectivity index (χ1v) is 10.7. The Kier molecular flexibility index (Phi) is 6.69. The molecule has 11 heteroatoms. The Balaban J connectivity index is 1.84. The average molecular weight is 462 g/mol. The fourth-order valence-corrected chi connectivity index (χ4v) is 2.97. The van der Waals surface area contributed by atoms with Crippen molar-refractivity contribution in [1.29, 1.82) is 0 Å². The maximum atomic E-state index is 12.2. The van der Waals surface area contributed by atoms with Gasteiger partial charge in [0.15, 0.2) is 11.0 Å². The molecule has 0 unspecified atom stereocenters. The van der Waals surface area contributed by atoms with E-state index in [2.05, 4.69) is 20.6 Å². The summed E-state index contributed by atoms with van der Waals surface area (Å²) >= 11 is 5.81. The van der Waals surface area contributed by atoms with E-state index >= 15 is 0 Å². The van der Waals surface area contributed by atoms with Gasteiger partial charge in [0.25, 0.3) is 0 Å².